The number of piperazine rings is 1. The van der Waals surface area contributed by atoms with E-state index < -0.39 is 0 Å². The van der Waals surface area contributed by atoms with Crippen molar-refractivity contribution in [3.63, 3.8) is 0 Å². The molecular weight excluding hydrogens is 343 g/mol. The van der Waals surface area contributed by atoms with Crippen LogP contribution in [0.5, 0.6) is 0 Å². The second-order valence-corrected chi connectivity index (χ2v) is 7.34. The fourth-order valence-corrected chi connectivity index (χ4v) is 3.81. The van der Waals surface area contributed by atoms with E-state index in [9.17, 15) is 9.18 Å². The molecule has 2 aromatic carbocycles. The molecule has 0 aliphatic carbocycles. The maximum atomic E-state index is 13.1. The van der Waals surface area contributed by atoms with Gasteiger partial charge in [0.05, 0.1) is 6.17 Å². The first-order chi connectivity index (χ1) is 13.1. The summed E-state index contributed by atoms with van der Waals surface area (Å²) in [7, 11) is 0. The highest BCUT2D eigenvalue weighted by Crippen LogP contribution is 2.24. The molecule has 0 saturated carbocycles. The number of carbonyl (C=O) groups is 1. The fraction of sp³-hybridized carbons (Fsp3) is 0.381. The van der Waals surface area contributed by atoms with Gasteiger partial charge < -0.3 is 4.90 Å². The van der Waals surface area contributed by atoms with Gasteiger partial charge in [-0.25, -0.2) is 15.2 Å². The molecule has 4 rings (SSSR count). The van der Waals surface area contributed by atoms with Crippen LogP contribution in [0, 0.1) is 12.7 Å². The number of aryl methyl sites for hydroxylation is 1. The third kappa shape index (κ3) is 4.03. The minimum absolute atomic E-state index is 0.108. The quantitative estimate of drug-likeness (QED) is 0.874. The topological polar surface area (TPSA) is 47.6 Å². The number of hydrogen-bond acceptors (Lipinski definition) is 4. The third-order valence-electron chi connectivity index (χ3n) is 5.50. The number of carbonyl (C=O) groups excluding carboxylic acids is 1. The van der Waals surface area contributed by atoms with Crippen LogP contribution in [0.4, 0.5) is 4.39 Å². The number of nitrogens with zero attached hydrogens (tertiary/aromatic N) is 2. The van der Waals surface area contributed by atoms with Gasteiger partial charge in [0.1, 0.15) is 5.82 Å². The lowest BCUT2D eigenvalue weighted by atomic mass is 10.0. The monoisotopic (exact) mass is 368 g/mol. The molecule has 2 N–H and O–H groups in total. The summed E-state index contributed by atoms with van der Waals surface area (Å²) in [5.74, 6) is -0.105. The molecule has 6 heteroatoms. The molecular formula is C21H25FN4O. The van der Waals surface area contributed by atoms with E-state index in [0.717, 1.165) is 49.3 Å². The van der Waals surface area contributed by atoms with Crippen molar-refractivity contribution in [3.05, 3.63) is 71.0 Å². The lowest BCUT2D eigenvalue weighted by Gasteiger charge is -2.37. The number of nitrogens with one attached hydrogen (secondary N) is 2. The van der Waals surface area contributed by atoms with E-state index >= 15 is 0 Å². The maximum absolute atomic E-state index is 13.1. The second-order valence-electron chi connectivity index (χ2n) is 7.34. The molecule has 2 saturated heterocycles. The summed E-state index contributed by atoms with van der Waals surface area (Å²) < 4.78 is 13.1. The highest BCUT2D eigenvalue weighted by molar-refractivity contribution is 5.94. The van der Waals surface area contributed by atoms with Crippen molar-refractivity contribution in [2.45, 2.75) is 25.6 Å². The van der Waals surface area contributed by atoms with Crippen molar-refractivity contribution in [1.29, 1.82) is 0 Å². The summed E-state index contributed by atoms with van der Waals surface area (Å²) >= 11 is 0. The van der Waals surface area contributed by atoms with Crippen molar-refractivity contribution in [2.24, 2.45) is 0 Å². The van der Waals surface area contributed by atoms with E-state index in [0.29, 0.717) is 0 Å². The van der Waals surface area contributed by atoms with Crippen LogP contribution in [-0.4, -0.2) is 48.1 Å². The predicted molar refractivity (Wildman–Crippen MR) is 102 cm³/mol. The first kappa shape index (κ1) is 18.1. The van der Waals surface area contributed by atoms with Gasteiger partial charge in [-0.05, 0) is 43.2 Å². The number of benzene rings is 2. The molecule has 1 amide bonds. The zero-order chi connectivity index (χ0) is 18.8. The van der Waals surface area contributed by atoms with Crippen LogP contribution < -0.4 is 10.9 Å². The van der Waals surface area contributed by atoms with E-state index in [4.69, 9.17) is 0 Å². The van der Waals surface area contributed by atoms with E-state index in [1.165, 1.54) is 12.1 Å². The highest BCUT2D eigenvalue weighted by Gasteiger charge is 2.32. The summed E-state index contributed by atoms with van der Waals surface area (Å²) in [6, 6.07) is 14.6. The molecule has 2 unspecified atom stereocenters. The largest absolute Gasteiger partial charge is 0.336 e. The Kier molecular flexibility index (Phi) is 5.20. The van der Waals surface area contributed by atoms with Crippen molar-refractivity contribution in [3.8, 4) is 0 Å². The number of hydrazine groups is 1. The van der Waals surface area contributed by atoms with E-state index in [2.05, 4.69) is 15.8 Å². The molecule has 2 aliphatic heterocycles. The Bertz CT molecular complexity index is 785. The first-order valence-corrected chi connectivity index (χ1v) is 9.47. The smallest absolute Gasteiger partial charge is 0.253 e. The zero-order valence-corrected chi connectivity index (χ0v) is 15.5. The molecule has 142 valence electrons. The van der Waals surface area contributed by atoms with Crippen LogP contribution in [0.15, 0.2) is 48.5 Å². The molecule has 0 spiro atoms. The Hall–Kier alpha value is -2.28. The molecule has 5 nitrogen and oxygen atoms in total. The van der Waals surface area contributed by atoms with Gasteiger partial charge in [0, 0.05) is 37.8 Å². The van der Waals surface area contributed by atoms with Crippen molar-refractivity contribution < 1.29 is 9.18 Å². The number of rotatable bonds is 3. The summed E-state index contributed by atoms with van der Waals surface area (Å²) in [6.45, 7) is 5.16. The van der Waals surface area contributed by atoms with Gasteiger partial charge in [0.15, 0.2) is 0 Å². The minimum atomic E-state index is -0.212. The molecule has 0 aromatic heterocycles. The van der Waals surface area contributed by atoms with Crippen molar-refractivity contribution >= 4 is 5.91 Å². The fourth-order valence-electron chi connectivity index (χ4n) is 3.81. The predicted octanol–water partition coefficient (Wildman–Crippen LogP) is 2.46. The minimum Gasteiger partial charge on any atom is -0.336 e. The second kappa shape index (κ2) is 7.76. The van der Waals surface area contributed by atoms with Crippen molar-refractivity contribution in [2.75, 3.05) is 26.2 Å². The van der Waals surface area contributed by atoms with Crippen LogP contribution in [0.2, 0.25) is 0 Å². The summed E-state index contributed by atoms with van der Waals surface area (Å²) in [5.41, 5.74) is 9.66. The van der Waals surface area contributed by atoms with Gasteiger partial charge >= 0.3 is 0 Å². The SMILES string of the molecule is Cc1ccc(C(=O)N2CCN(C3CC(c4ccc(F)cc4)NN3)CC2)cc1. The lowest BCUT2D eigenvalue weighted by Crippen LogP contribution is -2.55. The van der Waals surface area contributed by atoms with Gasteiger partial charge in [-0.3, -0.25) is 9.69 Å². The summed E-state index contributed by atoms with van der Waals surface area (Å²) in [4.78, 5) is 17.0. The summed E-state index contributed by atoms with van der Waals surface area (Å²) in [5, 5.41) is 0. The Balaban J connectivity index is 1.31. The van der Waals surface area contributed by atoms with Gasteiger partial charge in [0.25, 0.3) is 5.91 Å². The van der Waals surface area contributed by atoms with Gasteiger partial charge in [0.2, 0.25) is 0 Å². The van der Waals surface area contributed by atoms with Crippen LogP contribution in [-0.2, 0) is 0 Å². The molecule has 2 fully saturated rings. The standard InChI is InChI=1S/C21H25FN4O/c1-15-2-4-17(5-3-15)21(27)26-12-10-25(11-13-26)20-14-19(23-24-20)16-6-8-18(22)9-7-16/h2-9,19-20,23-24H,10-14H2,1H3. The molecule has 2 aliphatic rings. The third-order valence-corrected chi connectivity index (χ3v) is 5.50. The van der Waals surface area contributed by atoms with Crippen LogP contribution >= 0.6 is 0 Å². The Morgan fingerprint density at radius 3 is 2.30 bits per heavy atom. The van der Waals surface area contributed by atoms with Gasteiger partial charge in [-0.1, -0.05) is 29.8 Å². The molecule has 2 aromatic rings. The maximum Gasteiger partial charge on any atom is 0.253 e. The van der Waals surface area contributed by atoms with Gasteiger partial charge in [-0.15, -0.1) is 0 Å². The Morgan fingerprint density at radius 1 is 0.963 bits per heavy atom. The average molecular weight is 368 g/mol. The molecule has 2 heterocycles. The van der Waals surface area contributed by atoms with Crippen molar-refractivity contribution in [1.82, 2.24) is 20.7 Å². The average Bonchev–Trinajstić information content (AvgIpc) is 3.19. The van der Waals surface area contributed by atoms with Crippen LogP contribution in [0.3, 0.4) is 0 Å². The molecule has 2 atom stereocenters. The number of halogens is 1. The van der Waals surface area contributed by atoms with E-state index in [1.54, 1.807) is 0 Å². The lowest BCUT2D eigenvalue weighted by molar-refractivity contribution is 0.0545. The van der Waals surface area contributed by atoms with E-state index in [-0.39, 0.29) is 23.9 Å². The Morgan fingerprint density at radius 2 is 1.63 bits per heavy atom. The number of amides is 1. The first-order valence-electron chi connectivity index (χ1n) is 9.47. The highest BCUT2D eigenvalue weighted by atomic mass is 19.1. The normalized spacial score (nSPS) is 23.6. The number of hydrogen-bond donors (Lipinski definition) is 2. The molecule has 0 bridgehead atoms. The van der Waals surface area contributed by atoms with Gasteiger partial charge in [-0.2, -0.15) is 0 Å². The molecule has 0 radical (unpaired) electrons. The summed E-state index contributed by atoms with van der Waals surface area (Å²) in [6.07, 6.45) is 1.13. The molecule has 27 heavy (non-hydrogen) atoms. The zero-order valence-electron chi connectivity index (χ0n) is 15.5. The van der Waals surface area contributed by atoms with Crippen LogP contribution in [0.25, 0.3) is 0 Å². The Labute approximate surface area is 159 Å². The van der Waals surface area contributed by atoms with E-state index in [1.807, 2.05) is 48.2 Å². The van der Waals surface area contributed by atoms with Crippen LogP contribution in [0.1, 0.15) is 33.9 Å².